The number of hydrogen-bond acceptors (Lipinski definition) is 5. The Morgan fingerprint density at radius 1 is 1.56 bits per heavy atom. The highest BCUT2D eigenvalue weighted by Crippen LogP contribution is 2.21. The van der Waals surface area contributed by atoms with Gasteiger partial charge in [-0.25, -0.2) is 0 Å². The van der Waals surface area contributed by atoms with Crippen LogP contribution in [-0.2, 0) is 11.3 Å². The van der Waals surface area contributed by atoms with Crippen LogP contribution in [0.4, 0.5) is 0 Å². The van der Waals surface area contributed by atoms with Gasteiger partial charge in [-0.05, 0) is 5.92 Å². The molecule has 6 nitrogen and oxygen atoms in total. The van der Waals surface area contributed by atoms with Crippen LogP contribution in [0.1, 0.15) is 13.8 Å². The van der Waals surface area contributed by atoms with Crippen molar-refractivity contribution in [3.8, 4) is 6.01 Å². The summed E-state index contributed by atoms with van der Waals surface area (Å²) in [7, 11) is 1.52. The van der Waals surface area contributed by atoms with Crippen LogP contribution in [0, 0.1) is 5.92 Å². The molecule has 0 aliphatic heterocycles. The molecule has 0 aromatic carbocycles. The standard InChI is InChI=1S/C9H15N3O3S/c1-6(2)4-12-8(15-3)10-11-9(12)16-5-7(13)14/h6H,4-5H2,1-3H3,(H,13,14). The Kier molecular flexibility index (Phi) is 4.60. The lowest BCUT2D eigenvalue weighted by molar-refractivity contribution is -0.133. The van der Waals surface area contributed by atoms with Crippen LogP contribution in [0.15, 0.2) is 5.16 Å². The quantitative estimate of drug-likeness (QED) is 0.757. The van der Waals surface area contributed by atoms with Crippen molar-refractivity contribution in [2.24, 2.45) is 5.92 Å². The summed E-state index contributed by atoms with van der Waals surface area (Å²) in [5.41, 5.74) is 0. The Morgan fingerprint density at radius 2 is 2.25 bits per heavy atom. The molecule has 0 aliphatic rings. The fourth-order valence-electron chi connectivity index (χ4n) is 1.18. The van der Waals surface area contributed by atoms with Gasteiger partial charge in [0.25, 0.3) is 0 Å². The van der Waals surface area contributed by atoms with Crippen molar-refractivity contribution in [1.82, 2.24) is 14.8 Å². The maximum atomic E-state index is 10.5. The normalized spacial score (nSPS) is 10.8. The summed E-state index contributed by atoms with van der Waals surface area (Å²) >= 11 is 1.14. The van der Waals surface area contributed by atoms with E-state index in [1.54, 1.807) is 4.57 Å². The van der Waals surface area contributed by atoms with Crippen molar-refractivity contribution < 1.29 is 14.6 Å². The minimum atomic E-state index is -0.872. The van der Waals surface area contributed by atoms with Crippen molar-refractivity contribution >= 4 is 17.7 Å². The van der Waals surface area contributed by atoms with Crippen molar-refractivity contribution in [2.45, 2.75) is 25.5 Å². The summed E-state index contributed by atoms with van der Waals surface area (Å²) in [5, 5.41) is 16.9. The van der Waals surface area contributed by atoms with E-state index in [2.05, 4.69) is 24.0 Å². The Bertz CT molecular complexity index is 365. The Morgan fingerprint density at radius 3 is 2.75 bits per heavy atom. The van der Waals surface area contributed by atoms with Gasteiger partial charge >= 0.3 is 12.0 Å². The van der Waals surface area contributed by atoms with E-state index in [1.807, 2.05) is 0 Å². The van der Waals surface area contributed by atoms with E-state index in [9.17, 15) is 4.79 Å². The highest BCUT2D eigenvalue weighted by molar-refractivity contribution is 7.99. The largest absolute Gasteiger partial charge is 0.481 e. The first-order valence-electron chi connectivity index (χ1n) is 4.86. The molecule has 0 saturated heterocycles. The zero-order valence-corrected chi connectivity index (χ0v) is 10.3. The maximum absolute atomic E-state index is 10.5. The second-order valence-corrected chi connectivity index (χ2v) is 4.60. The minimum Gasteiger partial charge on any atom is -0.481 e. The third-order valence-electron chi connectivity index (χ3n) is 1.74. The molecule has 90 valence electrons. The predicted octanol–water partition coefficient (Wildman–Crippen LogP) is 1.12. The molecule has 0 fully saturated rings. The number of methoxy groups -OCH3 is 1. The zero-order valence-electron chi connectivity index (χ0n) is 9.51. The lowest BCUT2D eigenvalue weighted by Gasteiger charge is -2.10. The molecule has 1 aromatic heterocycles. The maximum Gasteiger partial charge on any atom is 0.317 e. The molecule has 0 amide bonds. The number of aromatic nitrogens is 3. The molecule has 0 spiro atoms. The Hall–Kier alpha value is -1.24. The monoisotopic (exact) mass is 245 g/mol. The summed E-state index contributed by atoms with van der Waals surface area (Å²) in [5.74, 6) is -0.489. The molecular weight excluding hydrogens is 230 g/mol. The summed E-state index contributed by atoms with van der Waals surface area (Å²) in [6, 6.07) is 0.418. The van der Waals surface area contributed by atoms with Gasteiger partial charge in [0.1, 0.15) is 0 Å². The highest BCUT2D eigenvalue weighted by Gasteiger charge is 2.14. The first kappa shape index (κ1) is 12.8. The lowest BCUT2D eigenvalue weighted by Crippen LogP contribution is -2.09. The molecule has 0 aliphatic carbocycles. The number of rotatable bonds is 6. The van der Waals surface area contributed by atoms with E-state index in [0.717, 1.165) is 11.8 Å². The molecule has 0 saturated carbocycles. The first-order chi connectivity index (χ1) is 7.54. The Labute approximate surface area is 98.0 Å². The minimum absolute atomic E-state index is 0.0278. The van der Waals surface area contributed by atoms with Crippen LogP contribution in [0.3, 0.4) is 0 Å². The third-order valence-corrected chi connectivity index (χ3v) is 2.69. The van der Waals surface area contributed by atoms with Crippen LogP contribution in [0.25, 0.3) is 0 Å². The number of carbonyl (C=O) groups is 1. The molecule has 1 heterocycles. The number of thioether (sulfide) groups is 1. The molecule has 0 unspecified atom stereocenters. The van der Waals surface area contributed by atoms with Crippen molar-refractivity contribution in [2.75, 3.05) is 12.9 Å². The topological polar surface area (TPSA) is 77.2 Å². The second kappa shape index (κ2) is 5.74. The number of carboxylic acid groups (broad SMARTS) is 1. The fraction of sp³-hybridized carbons (Fsp3) is 0.667. The summed E-state index contributed by atoms with van der Waals surface area (Å²) < 4.78 is 6.85. The van der Waals surface area contributed by atoms with Gasteiger partial charge in [0.2, 0.25) is 0 Å². The molecular formula is C9H15N3O3S. The van der Waals surface area contributed by atoms with Gasteiger partial charge < -0.3 is 9.84 Å². The lowest BCUT2D eigenvalue weighted by atomic mass is 10.2. The molecule has 0 radical (unpaired) electrons. The number of carboxylic acids is 1. The van der Waals surface area contributed by atoms with E-state index in [0.29, 0.717) is 23.6 Å². The van der Waals surface area contributed by atoms with Crippen LogP contribution in [0.2, 0.25) is 0 Å². The third kappa shape index (κ3) is 3.41. The smallest absolute Gasteiger partial charge is 0.317 e. The highest BCUT2D eigenvalue weighted by atomic mass is 32.2. The van der Waals surface area contributed by atoms with Crippen LogP contribution < -0.4 is 4.74 Å². The Balaban J connectivity index is 2.82. The predicted molar refractivity (Wildman–Crippen MR) is 59.8 cm³/mol. The van der Waals surface area contributed by atoms with E-state index >= 15 is 0 Å². The molecule has 1 aromatic rings. The summed E-state index contributed by atoms with van der Waals surface area (Å²) in [6.45, 7) is 4.83. The van der Waals surface area contributed by atoms with Crippen molar-refractivity contribution in [1.29, 1.82) is 0 Å². The van der Waals surface area contributed by atoms with Crippen LogP contribution >= 0.6 is 11.8 Å². The van der Waals surface area contributed by atoms with E-state index < -0.39 is 5.97 Å². The average molecular weight is 245 g/mol. The summed E-state index contributed by atoms with van der Waals surface area (Å²) in [4.78, 5) is 10.5. The van der Waals surface area contributed by atoms with Crippen molar-refractivity contribution in [3.63, 3.8) is 0 Å². The average Bonchev–Trinajstić information content (AvgIpc) is 2.56. The van der Waals surface area contributed by atoms with Crippen LogP contribution in [-0.4, -0.2) is 38.7 Å². The van der Waals surface area contributed by atoms with Gasteiger partial charge in [0.05, 0.1) is 12.9 Å². The van der Waals surface area contributed by atoms with Gasteiger partial charge in [0, 0.05) is 6.54 Å². The molecule has 1 rings (SSSR count). The molecule has 7 heteroatoms. The van der Waals surface area contributed by atoms with Gasteiger partial charge in [-0.2, -0.15) is 0 Å². The second-order valence-electron chi connectivity index (χ2n) is 3.66. The van der Waals surface area contributed by atoms with Crippen LogP contribution in [0.5, 0.6) is 6.01 Å². The number of aliphatic carboxylic acids is 1. The fourth-order valence-corrected chi connectivity index (χ4v) is 1.84. The SMILES string of the molecule is COc1nnc(SCC(=O)O)n1CC(C)C. The molecule has 0 bridgehead atoms. The zero-order chi connectivity index (χ0) is 12.1. The number of hydrogen-bond donors (Lipinski definition) is 1. The number of nitrogens with zero attached hydrogens (tertiary/aromatic N) is 3. The van der Waals surface area contributed by atoms with Gasteiger partial charge in [-0.1, -0.05) is 30.7 Å². The number of ether oxygens (including phenoxy) is 1. The van der Waals surface area contributed by atoms with E-state index in [-0.39, 0.29) is 5.75 Å². The first-order valence-corrected chi connectivity index (χ1v) is 5.85. The molecule has 0 atom stereocenters. The van der Waals surface area contributed by atoms with Gasteiger partial charge in [0.15, 0.2) is 5.16 Å². The van der Waals surface area contributed by atoms with Crippen molar-refractivity contribution in [3.05, 3.63) is 0 Å². The van der Waals surface area contributed by atoms with Gasteiger partial charge in [-0.15, -0.1) is 5.10 Å². The molecule has 16 heavy (non-hydrogen) atoms. The summed E-state index contributed by atoms with van der Waals surface area (Å²) in [6.07, 6.45) is 0. The van der Waals surface area contributed by atoms with E-state index in [4.69, 9.17) is 9.84 Å². The van der Waals surface area contributed by atoms with Gasteiger partial charge in [-0.3, -0.25) is 9.36 Å². The van der Waals surface area contributed by atoms with E-state index in [1.165, 1.54) is 7.11 Å². The molecule has 1 N–H and O–H groups in total.